The molecule has 1 amide bonds. The van der Waals surface area contributed by atoms with Crippen molar-refractivity contribution in [2.75, 3.05) is 41.0 Å². The second-order valence-corrected chi connectivity index (χ2v) is 10.0. The van der Waals surface area contributed by atoms with E-state index in [1.54, 1.807) is 21.3 Å². The molecule has 0 heterocycles. The van der Waals surface area contributed by atoms with Crippen molar-refractivity contribution in [2.24, 2.45) is 11.8 Å². The second kappa shape index (κ2) is 15.1. The molecule has 0 unspecified atom stereocenters. The van der Waals surface area contributed by atoms with Crippen molar-refractivity contribution in [3.8, 4) is 11.5 Å². The molecule has 1 aromatic carbocycles. The molecule has 0 saturated carbocycles. The van der Waals surface area contributed by atoms with Crippen LogP contribution < -0.4 is 20.1 Å². The number of methoxy groups -OCH3 is 2. The molecule has 0 aliphatic rings. The van der Waals surface area contributed by atoms with Crippen LogP contribution in [0.3, 0.4) is 0 Å². The predicted octanol–water partition coefficient (Wildman–Crippen LogP) is 3.79. The first-order valence-electron chi connectivity index (χ1n) is 12.1. The minimum atomic E-state index is -0.741. The molecule has 3 atom stereocenters. The van der Waals surface area contributed by atoms with Gasteiger partial charge in [0.2, 0.25) is 0 Å². The highest BCUT2D eigenvalue weighted by Gasteiger charge is 2.28. The number of carbonyl (C=O) groups is 1. The fourth-order valence-electron chi connectivity index (χ4n) is 3.69. The van der Waals surface area contributed by atoms with Crippen LogP contribution in [0.1, 0.15) is 53.0 Å². The van der Waals surface area contributed by atoms with E-state index in [4.69, 9.17) is 18.9 Å². The summed E-state index contributed by atoms with van der Waals surface area (Å²) in [6.07, 6.45) is 0.908. The molecule has 196 valence electrons. The van der Waals surface area contributed by atoms with Gasteiger partial charge in [0.1, 0.15) is 5.60 Å². The van der Waals surface area contributed by atoms with Crippen molar-refractivity contribution in [1.29, 1.82) is 0 Å². The number of benzene rings is 1. The lowest BCUT2D eigenvalue weighted by molar-refractivity contribution is 0.0392. The van der Waals surface area contributed by atoms with Crippen molar-refractivity contribution in [1.82, 2.24) is 10.6 Å². The van der Waals surface area contributed by atoms with Crippen molar-refractivity contribution in [3.63, 3.8) is 0 Å². The Kier molecular flexibility index (Phi) is 13.3. The molecule has 3 N–H and O–H groups in total. The first-order chi connectivity index (χ1) is 16.0. The number of carbonyl (C=O) groups excluding carboxylic acids is 1. The maximum absolute atomic E-state index is 12.4. The van der Waals surface area contributed by atoms with Crippen LogP contribution in [0.15, 0.2) is 18.2 Å². The molecule has 0 aliphatic carbocycles. The lowest BCUT2D eigenvalue weighted by Crippen LogP contribution is -2.49. The second-order valence-electron chi connectivity index (χ2n) is 10.0. The van der Waals surface area contributed by atoms with Crippen LogP contribution in [0, 0.1) is 11.8 Å². The lowest BCUT2D eigenvalue weighted by atomic mass is 9.83. The summed E-state index contributed by atoms with van der Waals surface area (Å²) in [5.41, 5.74) is 0.503. The van der Waals surface area contributed by atoms with Crippen LogP contribution in [-0.4, -0.2) is 70.0 Å². The molecule has 0 aliphatic heterocycles. The largest absolute Gasteiger partial charge is 0.493 e. The Morgan fingerprint density at radius 1 is 1.12 bits per heavy atom. The molecule has 0 radical (unpaired) electrons. The Hall–Kier alpha value is -2.03. The Bertz CT molecular complexity index is 720. The van der Waals surface area contributed by atoms with Gasteiger partial charge in [-0.1, -0.05) is 19.9 Å². The summed E-state index contributed by atoms with van der Waals surface area (Å²) < 4.78 is 21.9. The fourth-order valence-corrected chi connectivity index (χ4v) is 3.69. The van der Waals surface area contributed by atoms with Crippen LogP contribution in [-0.2, 0) is 15.9 Å². The average Bonchev–Trinajstić information content (AvgIpc) is 2.74. The number of hydrogen-bond donors (Lipinski definition) is 3. The Balaban J connectivity index is 2.99. The van der Waals surface area contributed by atoms with Crippen molar-refractivity contribution >= 4 is 6.09 Å². The number of amides is 1. The summed E-state index contributed by atoms with van der Waals surface area (Å²) in [5.74, 6) is 1.94. The van der Waals surface area contributed by atoms with Crippen LogP contribution in [0.4, 0.5) is 4.79 Å². The van der Waals surface area contributed by atoms with Crippen molar-refractivity contribution in [2.45, 2.75) is 71.6 Å². The molecule has 1 rings (SSSR count). The molecular weight excluding hydrogens is 436 g/mol. The zero-order valence-corrected chi connectivity index (χ0v) is 22.3. The Labute approximate surface area is 205 Å². The van der Waals surface area contributed by atoms with Gasteiger partial charge in [0.05, 0.1) is 25.9 Å². The van der Waals surface area contributed by atoms with E-state index in [0.717, 1.165) is 18.4 Å². The maximum Gasteiger partial charge on any atom is 0.407 e. The normalized spacial score (nSPS) is 14.4. The molecule has 0 bridgehead atoms. The first kappa shape index (κ1) is 30.0. The number of nitrogens with one attached hydrogen (secondary N) is 2. The maximum atomic E-state index is 12.4. The number of aliphatic hydroxyl groups excluding tert-OH is 1. The molecule has 1 aromatic rings. The highest BCUT2D eigenvalue weighted by molar-refractivity contribution is 5.68. The van der Waals surface area contributed by atoms with E-state index in [0.29, 0.717) is 43.6 Å². The van der Waals surface area contributed by atoms with Gasteiger partial charge in [-0.3, -0.25) is 0 Å². The van der Waals surface area contributed by atoms with Gasteiger partial charge in [0.25, 0.3) is 0 Å². The first-order valence-corrected chi connectivity index (χ1v) is 12.1. The lowest BCUT2D eigenvalue weighted by Gasteiger charge is -2.31. The third-order valence-corrected chi connectivity index (χ3v) is 5.56. The summed E-state index contributed by atoms with van der Waals surface area (Å²) in [4.78, 5) is 12.4. The molecule has 0 aromatic heterocycles. The summed E-state index contributed by atoms with van der Waals surface area (Å²) >= 11 is 0. The van der Waals surface area contributed by atoms with Crippen molar-refractivity contribution < 1.29 is 28.8 Å². The molecule has 34 heavy (non-hydrogen) atoms. The summed E-state index contributed by atoms with van der Waals surface area (Å²) in [6, 6.07) is 5.53. The number of likely N-dealkylation sites (N-methyl/N-ethyl adjacent to an activating group) is 1. The zero-order valence-electron chi connectivity index (χ0n) is 22.3. The van der Waals surface area contributed by atoms with Gasteiger partial charge in [-0.15, -0.1) is 0 Å². The highest BCUT2D eigenvalue weighted by atomic mass is 16.6. The van der Waals surface area contributed by atoms with Crippen LogP contribution in [0.5, 0.6) is 11.5 Å². The molecule has 8 nitrogen and oxygen atoms in total. The SMILES string of the molecule is CNC[C@H](O)[C@H](C[C@H](Cc1ccc(OC)c(OCCCOC)c1)C(C)C)NC(=O)OC(C)(C)C. The number of ether oxygens (including phenoxy) is 4. The molecule has 0 spiro atoms. The van der Waals surface area contributed by atoms with Gasteiger partial charge in [-0.25, -0.2) is 4.79 Å². The smallest absolute Gasteiger partial charge is 0.407 e. The van der Waals surface area contributed by atoms with E-state index in [1.165, 1.54) is 0 Å². The fraction of sp³-hybridized carbons (Fsp3) is 0.731. The van der Waals surface area contributed by atoms with Gasteiger partial charge >= 0.3 is 6.09 Å². The van der Waals surface area contributed by atoms with E-state index < -0.39 is 23.8 Å². The zero-order chi connectivity index (χ0) is 25.7. The van der Waals surface area contributed by atoms with Crippen LogP contribution in [0.25, 0.3) is 0 Å². The minimum Gasteiger partial charge on any atom is -0.493 e. The highest BCUT2D eigenvalue weighted by Crippen LogP contribution is 2.31. The van der Waals surface area contributed by atoms with Gasteiger partial charge in [-0.05, 0) is 70.2 Å². The summed E-state index contributed by atoms with van der Waals surface area (Å²) in [7, 11) is 5.08. The van der Waals surface area contributed by atoms with Crippen LogP contribution >= 0.6 is 0 Å². The van der Waals surface area contributed by atoms with E-state index in [1.807, 2.05) is 39.0 Å². The predicted molar refractivity (Wildman–Crippen MR) is 135 cm³/mol. The quantitative estimate of drug-likeness (QED) is 0.327. The molecule has 0 fully saturated rings. The third kappa shape index (κ3) is 11.4. The monoisotopic (exact) mass is 482 g/mol. The molecule has 0 saturated heterocycles. The summed E-state index contributed by atoms with van der Waals surface area (Å²) in [5, 5.41) is 16.6. The average molecular weight is 483 g/mol. The standard InChI is InChI=1S/C26H46N2O6/c1-18(2)20(16-21(22(29)17-27-6)28-25(30)34-26(3,4)5)14-19-10-11-23(32-8)24(15-19)33-13-9-12-31-7/h10-11,15,18,20-22,27,29H,9,12-14,16-17H2,1-8H3,(H,28,30)/t20-,21-,22-/m0/s1. The number of rotatable bonds is 15. The third-order valence-electron chi connectivity index (χ3n) is 5.56. The number of hydrogen-bond acceptors (Lipinski definition) is 7. The minimum absolute atomic E-state index is 0.209. The van der Waals surface area contributed by atoms with Gasteiger partial charge in [-0.2, -0.15) is 0 Å². The molecule has 8 heteroatoms. The van der Waals surface area contributed by atoms with Gasteiger partial charge in [0.15, 0.2) is 11.5 Å². The molecular formula is C26H46N2O6. The van der Waals surface area contributed by atoms with E-state index >= 15 is 0 Å². The Morgan fingerprint density at radius 2 is 1.82 bits per heavy atom. The number of aliphatic hydroxyl groups is 1. The van der Waals surface area contributed by atoms with Gasteiger partial charge < -0.3 is 34.7 Å². The Morgan fingerprint density at radius 3 is 2.38 bits per heavy atom. The van der Waals surface area contributed by atoms with E-state index in [2.05, 4.69) is 24.5 Å². The van der Waals surface area contributed by atoms with Crippen LogP contribution in [0.2, 0.25) is 0 Å². The number of alkyl carbamates (subject to hydrolysis) is 1. The van der Waals surface area contributed by atoms with E-state index in [9.17, 15) is 9.90 Å². The summed E-state index contributed by atoms with van der Waals surface area (Å²) in [6.45, 7) is 11.3. The van der Waals surface area contributed by atoms with Gasteiger partial charge in [0, 0.05) is 26.7 Å². The van der Waals surface area contributed by atoms with E-state index in [-0.39, 0.29) is 5.92 Å². The van der Waals surface area contributed by atoms with Crippen molar-refractivity contribution in [3.05, 3.63) is 23.8 Å². The topological polar surface area (TPSA) is 98.3 Å².